The summed E-state index contributed by atoms with van der Waals surface area (Å²) in [4.78, 5) is 14.6. The molecule has 0 saturated carbocycles. The van der Waals surface area contributed by atoms with Crippen LogP contribution < -0.4 is 0 Å². The van der Waals surface area contributed by atoms with Crippen molar-refractivity contribution in [3.63, 3.8) is 0 Å². The number of nitro benzene ring substituents is 1. The van der Waals surface area contributed by atoms with Crippen molar-refractivity contribution in [1.82, 2.24) is 4.98 Å². The van der Waals surface area contributed by atoms with Gasteiger partial charge in [-0.15, -0.1) is 0 Å². The average Bonchev–Trinajstić information content (AvgIpc) is 2.82. The number of nitro groups is 1. The van der Waals surface area contributed by atoms with E-state index in [2.05, 4.69) is 4.98 Å². The number of nitrogens with zero attached hydrogens (tertiary/aromatic N) is 2. The lowest BCUT2D eigenvalue weighted by Gasteiger charge is -1.97. The maximum atomic E-state index is 10.7. The Morgan fingerprint density at radius 1 is 1.20 bits per heavy atom. The number of non-ortho nitro benzene ring substituents is 1. The highest BCUT2D eigenvalue weighted by Crippen LogP contribution is 2.22. The predicted octanol–water partition coefficient (Wildman–Crippen LogP) is 3.64. The molecule has 0 amide bonds. The zero-order chi connectivity index (χ0) is 14.1. The molecule has 1 heterocycles. The van der Waals surface area contributed by atoms with E-state index in [0.717, 1.165) is 5.56 Å². The molecule has 0 fully saturated rings. The molecular formula is C15H12N2O3. The Labute approximate surface area is 115 Å². The molecule has 0 spiro atoms. The first-order valence-electron chi connectivity index (χ1n) is 6.21. The number of benzene rings is 2. The van der Waals surface area contributed by atoms with Crippen molar-refractivity contribution in [1.29, 1.82) is 0 Å². The van der Waals surface area contributed by atoms with E-state index >= 15 is 0 Å². The van der Waals surface area contributed by atoms with E-state index in [1.165, 1.54) is 17.7 Å². The Morgan fingerprint density at radius 2 is 1.95 bits per heavy atom. The van der Waals surface area contributed by atoms with Crippen molar-refractivity contribution >= 4 is 16.8 Å². The smallest absolute Gasteiger partial charge is 0.271 e. The topological polar surface area (TPSA) is 69.2 Å². The predicted molar refractivity (Wildman–Crippen MR) is 74.6 cm³/mol. The van der Waals surface area contributed by atoms with Crippen LogP contribution in [-0.4, -0.2) is 9.91 Å². The minimum Gasteiger partial charge on any atom is -0.440 e. The van der Waals surface area contributed by atoms with Crippen LogP contribution in [0, 0.1) is 17.0 Å². The van der Waals surface area contributed by atoms with Gasteiger partial charge in [-0.05, 0) is 18.6 Å². The Bertz CT molecular complexity index is 775. The van der Waals surface area contributed by atoms with Crippen LogP contribution in [-0.2, 0) is 6.42 Å². The summed E-state index contributed by atoms with van der Waals surface area (Å²) in [5.41, 5.74) is 3.39. The summed E-state index contributed by atoms with van der Waals surface area (Å²) in [5.74, 6) is 0.560. The first-order chi connectivity index (χ1) is 9.61. The quantitative estimate of drug-likeness (QED) is 0.537. The normalized spacial score (nSPS) is 10.8. The van der Waals surface area contributed by atoms with E-state index in [1.54, 1.807) is 6.07 Å². The molecule has 0 N–H and O–H groups in total. The van der Waals surface area contributed by atoms with Gasteiger partial charge in [-0.1, -0.05) is 29.8 Å². The van der Waals surface area contributed by atoms with Gasteiger partial charge in [0.1, 0.15) is 5.52 Å². The second-order valence-electron chi connectivity index (χ2n) is 4.68. The van der Waals surface area contributed by atoms with Crippen LogP contribution >= 0.6 is 0 Å². The maximum absolute atomic E-state index is 10.7. The van der Waals surface area contributed by atoms with Crippen molar-refractivity contribution in [2.45, 2.75) is 13.3 Å². The van der Waals surface area contributed by atoms with Crippen molar-refractivity contribution in [2.24, 2.45) is 0 Å². The summed E-state index contributed by atoms with van der Waals surface area (Å²) < 4.78 is 5.60. The van der Waals surface area contributed by atoms with Gasteiger partial charge in [-0.3, -0.25) is 10.1 Å². The summed E-state index contributed by atoms with van der Waals surface area (Å²) in [5, 5.41) is 10.7. The fourth-order valence-corrected chi connectivity index (χ4v) is 2.03. The Morgan fingerprint density at radius 3 is 2.65 bits per heavy atom. The third-order valence-corrected chi connectivity index (χ3v) is 3.10. The number of aryl methyl sites for hydroxylation is 1. The van der Waals surface area contributed by atoms with Crippen LogP contribution in [0.3, 0.4) is 0 Å². The third kappa shape index (κ3) is 2.38. The van der Waals surface area contributed by atoms with Gasteiger partial charge in [0, 0.05) is 18.6 Å². The average molecular weight is 268 g/mol. The molecular weight excluding hydrogens is 256 g/mol. The maximum Gasteiger partial charge on any atom is 0.271 e. The molecule has 100 valence electrons. The SMILES string of the molecule is Cc1ccc(Cc2nc3cc([N+](=O)[O-])ccc3o2)cc1. The molecule has 0 aliphatic heterocycles. The zero-order valence-corrected chi connectivity index (χ0v) is 10.9. The summed E-state index contributed by atoms with van der Waals surface area (Å²) in [6.45, 7) is 2.03. The van der Waals surface area contributed by atoms with Crippen LogP contribution in [0.15, 0.2) is 46.9 Å². The number of aromatic nitrogens is 1. The summed E-state index contributed by atoms with van der Waals surface area (Å²) in [7, 11) is 0. The number of hydrogen-bond acceptors (Lipinski definition) is 4. The molecule has 0 saturated heterocycles. The standard InChI is InChI=1S/C15H12N2O3/c1-10-2-4-11(5-3-10)8-15-16-13-9-12(17(18)19)6-7-14(13)20-15/h2-7,9H,8H2,1H3. The van der Waals surface area contributed by atoms with Gasteiger partial charge in [0.15, 0.2) is 11.5 Å². The fourth-order valence-electron chi connectivity index (χ4n) is 2.03. The number of rotatable bonds is 3. The van der Waals surface area contributed by atoms with Gasteiger partial charge in [0.25, 0.3) is 5.69 Å². The molecule has 5 nitrogen and oxygen atoms in total. The molecule has 3 aromatic rings. The summed E-state index contributed by atoms with van der Waals surface area (Å²) in [6, 6.07) is 12.5. The van der Waals surface area contributed by atoms with Crippen LogP contribution in [0.1, 0.15) is 17.0 Å². The van der Waals surface area contributed by atoms with Gasteiger partial charge in [-0.2, -0.15) is 0 Å². The lowest BCUT2D eigenvalue weighted by atomic mass is 10.1. The first-order valence-corrected chi connectivity index (χ1v) is 6.21. The molecule has 0 radical (unpaired) electrons. The van der Waals surface area contributed by atoms with Crippen molar-refractivity contribution in [3.05, 3.63) is 69.6 Å². The lowest BCUT2D eigenvalue weighted by molar-refractivity contribution is -0.384. The number of fused-ring (bicyclic) bond motifs is 1. The van der Waals surface area contributed by atoms with Crippen LogP contribution in [0.2, 0.25) is 0 Å². The van der Waals surface area contributed by atoms with Gasteiger partial charge < -0.3 is 4.42 Å². The van der Waals surface area contributed by atoms with E-state index < -0.39 is 4.92 Å². The van der Waals surface area contributed by atoms with E-state index in [1.807, 2.05) is 31.2 Å². The van der Waals surface area contributed by atoms with Crippen molar-refractivity contribution < 1.29 is 9.34 Å². The summed E-state index contributed by atoms with van der Waals surface area (Å²) >= 11 is 0. The second kappa shape index (κ2) is 4.77. The lowest BCUT2D eigenvalue weighted by Crippen LogP contribution is -1.88. The molecule has 0 atom stereocenters. The van der Waals surface area contributed by atoms with Gasteiger partial charge in [0.05, 0.1) is 4.92 Å². The molecule has 0 unspecified atom stereocenters. The highest BCUT2D eigenvalue weighted by atomic mass is 16.6. The van der Waals surface area contributed by atoms with E-state index in [4.69, 9.17) is 4.42 Å². The van der Waals surface area contributed by atoms with E-state index in [0.29, 0.717) is 23.4 Å². The molecule has 1 aromatic heterocycles. The largest absolute Gasteiger partial charge is 0.440 e. The fraction of sp³-hybridized carbons (Fsp3) is 0.133. The minimum absolute atomic E-state index is 0.0210. The van der Waals surface area contributed by atoms with E-state index in [-0.39, 0.29) is 5.69 Å². The molecule has 0 bridgehead atoms. The van der Waals surface area contributed by atoms with Crippen LogP contribution in [0.5, 0.6) is 0 Å². The first kappa shape index (κ1) is 12.3. The second-order valence-corrected chi connectivity index (χ2v) is 4.68. The zero-order valence-electron chi connectivity index (χ0n) is 10.9. The molecule has 5 heteroatoms. The van der Waals surface area contributed by atoms with Crippen LogP contribution in [0.4, 0.5) is 5.69 Å². The van der Waals surface area contributed by atoms with Crippen molar-refractivity contribution in [3.8, 4) is 0 Å². The minimum atomic E-state index is -0.437. The molecule has 0 aliphatic rings. The van der Waals surface area contributed by atoms with Gasteiger partial charge >= 0.3 is 0 Å². The Hall–Kier alpha value is -2.69. The Balaban J connectivity index is 1.92. The molecule has 20 heavy (non-hydrogen) atoms. The third-order valence-electron chi connectivity index (χ3n) is 3.10. The molecule has 3 rings (SSSR count). The molecule has 0 aliphatic carbocycles. The summed E-state index contributed by atoms with van der Waals surface area (Å²) in [6.07, 6.45) is 0.572. The highest BCUT2D eigenvalue weighted by Gasteiger charge is 2.11. The van der Waals surface area contributed by atoms with Gasteiger partial charge in [-0.25, -0.2) is 4.98 Å². The van der Waals surface area contributed by atoms with Crippen molar-refractivity contribution in [2.75, 3.05) is 0 Å². The van der Waals surface area contributed by atoms with Crippen LogP contribution in [0.25, 0.3) is 11.1 Å². The number of hydrogen-bond donors (Lipinski definition) is 0. The highest BCUT2D eigenvalue weighted by molar-refractivity contribution is 5.75. The number of oxazole rings is 1. The monoisotopic (exact) mass is 268 g/mol. The van der Waals surface area contributed by atoms with Gasteiger partial charge in [0.2, 0.25) is 0 Å². The van der Waals surface area contributed by atoms with E-state index in [9.17, 15) is 10.1 Å². The Kier molecular flexibility index (Phi) is 2.95. The molecule has 2 aromatic carbocycles.